The van der Waals surface area contributed by atoms with Crippen molar-refractivity contribution >= 4 is 11.7 Å². The normalized spacial score (nSPS) is 16.4. The van der Waals surface area contributed by atoms with Gasteiger partial charge in [-0.05, 0) is 31.9 Å². The first-order valence-corrected chi connectivity index (χ1v) is 7.24. The smallest absolute Gasteiger partial charge is 0.304 e. The van der Waals surface area contributed by atoms with Crippen LogP contribution >= 0.6 is 0 Å². The molecule has 0 amide bonds. The number of anilines is 1. The summed E-state index contributed by atoms with van der Waals surface area (Å²) in [7, 11) is 0. The van der Waals surface area contributed by atoms with E-state index in [2.05, 4.69) is 42.7 Å². The molecule has 4 heteroatoms. The summed E-state index contributed by atoms with van der Waals surface area (Å²) in [6, 6.07) is 4.47. The molecule has 2 rings (SSSR count). The zero-order valence-electron chi connectivity index (χ0n) is 12.6. The van der Waals surface area contributed by atoms with E-state index < -0.39 is 5.97 Å². The van der Waals surface area contributed by atoms with Crippen LogP contribution in [0.1, 0.15) is 23.1 Å². The molecule has 1 aliphatic heterocycles. The Kier molecular flexibility index (Phi) is 4.65. The standard InChI is InChI=1S/C16H24N2O2/c1-12-10-13(2)16(14(3)11-12)18-8-6-17(7-9-18)5-4-15(19)20/h10-11H,4-9H2,1-3H3,(H,19,20). The Morgan fingerprint density at radius 1 is 1.10 bits per heavy atom. The zero-order valence-corrected chi connectivity index (χ0v) is 12.6. The maximum absolute atomic E-state index is 10.6. The van der Waals surface area contributed by atoms with Gasteiger partial charge in [0.2, 0.25) is 0 Å². The summed E-state index contributed by atoms with van der Waals surface area (Å²) in [5.74, 6) is -0.711. The van der Waals surface area contributed by atoms with Gasteiger partial charge in [0.1, 0.15) is 0 Å². The van der Waals surface area contributed by atoms with Crippen LogP contribution in [0.15, 0.2) is 12.1 Å². The average molecular weight is 276 g/mol. The van der Waals surface area contributed by atoms with Gasteiger partial charge in [0.15, 0.2) is 0 Å². The lowest BCUT2D eigenvalue weighted by Gasteiger charge is -2.37. The SMILES string of the molecule is Cc1cc(C)c(N2CCN(CCC(=O)O)CC2)c(C)c1. The van der Waals surface area contributed by atoms with Crippen molar-refractivity contribution in [1.29, 1.82) is 0 Å². The van der Waals surface area contributed by atoms with Crippen LogP contribution in [0.3, 0.4) is 0 Å². The van der Waals surface area contributed by atoms with Gasteiger partial charge < -0.3 is 10.0 Å². The number of aliphatic carboxylic acids is 1. The number of hydrogen-bond donors (Lipinski definition) is 1. The van der Waals surface area contributed by atoms with Crippen molar-refractivity contribution in [2.75, 3.05) is 37.6 Å². The van der Waals surface area contributed by atoms with Gasteiger partial charge in [-0.1, -0.05) is 17.7 Å². The minimum absolute atomic E-state index is 0.239. The van der Waals surface area contributed by atoms with Crippen molar-refractivity contribution in [1.82, 2.24) is 4.90 Å². The minimum Gasteiger partial charge on any atom is -0.481 e. The highest BCUT2D eigenvalue weighted by Crippen LogP contribution is 2.27. The molecule has 1 N–H and O–H groups in total. The van der Waals surface area contributed by atoms with Crippen LogP contribution in [-0.4, -0.2) is 48.7 Å². The molecule has 1 aromatic rings. The first kappa shape index (κ1) is 14.9. The number of nitrogens with zero attached hydrogens (tertiary/aromatic N) is 2. The summed E-state index contributed by atoms with van der Waals surface area (Å²) < 4.78 is 0. The predicted octanol–water partition coefficient (Wildman–Crippen LogP) is 2.21. The highest BCUT2D eigenvalue weighted by atomic mass is 16.4. The number of hydrogen-bond acceptors (Lipinski definition) is 3. The molecule has 0 saturated carbocycles. The molecule has 1 saturated heterocycles. The van der Waals surface area contributed by atoms with Gasteiger partial charge in [-0.15, -0.1) is 0 Å². The molecule has 20 heavy (non-hydrogen) atoms. The number of piperazine rings is 1. The molecular weight excluding hydrogens is 252 g/mol. The molecule has 0 unspecified atom stereocenters. The lowest BCUT2D eigenvalue weighted by atomic mass is 10.0. The molecular formula is C16H24N2O2. The van der Waals surface area contributed by atoms with E-state index in [-0.39, 0.29) is 6.42 Å². The molecule has 0 spiro atoms. The second kappa shape index (κ2) is 6.27. The van der Waals surface area contributed by atoms with E-state index in [0.29, 0.717) is 6.54 Å². The third-order valence-corrected chi connectivity index (χ3v) is 3.97. The van der Waals surface area contributed by atoms with Gasteiger partial charge in [0.25, 0.3) is 0 Å². The van der Waals surface area contributed by atoms with E-state index in [9.17, 15) is 4.79 Å². The van der Waals surface area contributed by atoms with Crippen LogP contribution in [0.4, 0.5) is 5.69 Å². The molecule has 1 heterocycles. The fraction of sp³-hybridized carbons (Fsp3) is 0.562. The molecule has 1 aliphatic rings. The van der Waals surface area contributed by atoms with E-state index in [0.717, 1.165) is 26.2 Å². The van der Waals surface area contributed by atoms with Crippen molar-refractivity contribution in [3.63, 3.8) is 0 Å². The molecule has 110 valence electrons. The summed E-state index contributed by atoms with van der Waals surface area (Å²) in [4.78, 5) is 15.3. The Balaban J connectivity index is 1.99. The number of benzene rings is 1. The predicted molar refractivity (Wildman–Crippen MR) is 81.6 cm³/mol. The van der Waals surface area contributed by atoms with Gasteiger partial charge in [-0.2, -0.15) is 0 Å². The molecule has 1 fully saturated rings. The summed E-state index contributed by atoms with van der Waals surface area (Å²) >= 11 is 0. The summed E-state index contributed by atoms with van der Waals surface area (Å²) in [5, 5.41) is 8.74. The van der Waals surface area contributed by atoms with Crippen molar-refractivity contribution < 1.29 is 9.90 Å². The largest absolute Gasteiger partial charge is 0.481 e. The molecule has 0 radical (unpaired) electrons. The summed E-state index contributed by atoms with van der Waals surface area (Å²) in [6.07, 6.45) is 0.239. The molecule has 0 aromatic heterocycles. The van der Waals surface area contributed by atoms with Gasteiger partial charge >= 0.3 is 5.97 Å². The lowest BCUT2D eigenvalue weighted by molar-refractivity contribution is -0.137. The quantitative estimate of drug-likeness (QED) is 0.915. The Morgan fingerprint density at radius 2 is 1.65 bits per heavy atom. The molecule has 0 atom stereocenters. The maximum atomic E-state index is 10.6. The molecule has 0 bridgehead atoms. The van der Waals surface area contributed by atoms with Crippen molar-refractivity contribution in [3.05, 3.63) is 28.8 Å². The number of carbonyl (C=O) groups is 1. The topological polar surface area (TPSA) is 43.8 Å². The van der Waals surface area contributed by atoms with Crippen molar-refractivity contribution in [2.45, 2.75) is 27.2 Å². The van der Waals surface area contributed by atoms with Gasteiger partial charge in [0.05, 0.1) is 6.42 Å². The third kappa shape index (κ3) is 3.51. The first-order chi connectivity index (χ1) is 9.47. The number of rotatable bonds is 4. The third-order valence-electron chi connectivity index (χ3n) is 3.97. The number of aryl methyl sites for hydroxylation is 3. The van der Waals surface area contributed by atoms with E-state index in [1.807, 2.05) is 0 Å². The van der Waals surface area contributed by atoms with Gasteiger partial charge in [-0.25, -0.2) is 0 Å². The maximum Gasteiger partial charge on any atom is 0.304 e. The number of carboxylic acids is 1. The van der Waals surface area contributed by atoms with E-state index in [1.165, 1.54) is 22.4 Å². The molecule has 4 nitrogen and oxygen atoms in total. The van der Waals surface area contributed by atoms with Crippen LogP contribution in [0, 0.1) is 20.8 Å². The average Bonchev–Trinajstić information content (AvgIpc) is 2.36. The monoisotopic (exact) mass is 276 g/mol. The molecule has 0 aliphatic carbocycles. The van der Waals surface area contributed by atoms with Crippen LogP contribution in [0.2, 0.25) is 0 Å². The Labute approximate surface area is 121 Å². The van der Waals surface area contributed by atoms with E-state index >= 15 is 0 Å². The van der Waals surface area contributed by atoms with Crippen LogP contribution < -0.4 is 4.90 Å². The summed E-state index contributed by atoms with van der Waals surface area (Å²) in [6.45, 7) is 11.0. The Bertz CT molecular complexity index is 468. The molecule has 1 aromatic carbocycles. The van der Waals surface area contributed by atoms with Crippen LogP contribution in [0.25, 0.3) is 0 Å². The minimum atomic E-state index is -0.711. The first-order valence-electron chi connectivity index (χ1n) is 7.24. The fourth-order valence-corrected chi connectivity index (χ4v) is 3.12. The second-order valence-electron chi connectivity index (χ2n) is 5.72. The van der Waals surface area contributed by atoms with Crippen LogP contribution in [0.5, 0.6) is 0 Å². The van der Waals surface area contributed by atoms with E-state index in [4.69, 9.17) is 5.11 Å². The zero-order chi connectivity index (χ0) is 14.7. The van der Waals surface area contributed by atoms with Crippen molar-refractivity contribution in [2.24, 2.45) is 0 Å². The Morgan fingerprint density at radius 3 is 2.15 bits per heavy atom. The Hall–Kier alpha value is -1.55. The van der Waals surface area contributed by atoms with Gasteiger partial charge in [0, 0.05) is 38.4 Å². The summed E-state index contributed by atoms with van der Waals surface area (Å²) in [5.41, 5.74) is 5.33. The van der Waals surface area contributed by atoms with Gasteiger partial charge in [-0.3, -0.25) is 9.69 Å². The highest BCUT2D eigenvalue weighted by molar-refractivity contribution is 5.66. The number of carboxylic acid groups (broad SMARTS) is 1. The highest BCUT2D eigenvalue weighted by Gasteiger charge is 2.20. The second-order valence-corrected chi connectivity index (χ2v) is 5.72. The fourth-order valence-electron chi connectivity index (χ4n) is 3.12. The van der Waals surface area contributed by atoms with Crippen LogP contribution in [-0.2, 0) is 4.79 Å². The van der Waals surface area contributed by atoms with Crippen molar-refractivity contribution in [3.8, 4) is 0 Å². The van der Waals surface area contributed by atoms with E-state index in [1.54, 1.807) is 0 Å². The lowest BCUT2D eigenvalue weighted by Crippen LogP contribution is -2.47.